The summed E-state index contributed by atoms with van der Waals surface area (Å²) < 4.78 is 0. The summed E-state index contributed by atoms with van der Waals surface area (Å²) in [5.74, 6) is -0.219. The normalized spacial score (nSPS) is 11.7. The third-order valence-electron chi connectivity index (χ3n) is 2.71. The fourth-order valence-corrected chi connectivity index (χ4v) is 1.49. The van der Waals surface area contributed by atoms with Crippen molar-refractivity contribution in [2.45, 2.75) is 13.8 Å². The topological polar surface area (TPSA) is 90.9 Å². The lowest BCUT2D eigenvalue weighted by Gasteiger charge is -2.21. The Morgan fingerprint density at radius 1 is 1.44 bits per heavy atom. The van der Waals surface area contributed by atoms with E-state index < -0.39 is 0 Å². The second-order valence-corrected chi connectivity index (χ2v) is 4.96. The number of aromatic amines is 1. The molecule has 0 aliphatic rings. The lowest BCUT2D eigenvalue weighted by Crippen LogP contribution is -2.36. The van der Waals surface area contributed by atoms with Crippen LogP contribution in [0.3, 0.4) is 0 Å². The number of aliphatic hydroxyl groups excluding tert-OH is 1. The molecule has 0 saturated carbocycles. The highest BCUT2D eigenvalue weighted by Gasteiger charge is 2.19. The van der Waals surface area contributed by atoms with Gasteiger partial charge in [-0.3, -0.25) is 9.78 Å². The number of aromatic nitrogens is 3. The molecule has 0 fully saturated rings. The SMILES string of the molecule is CC(C)(CO)CNC(=O)c1c[nH]c2nccnc12. The molecule has 2 aromatic heterocycles. The van der Waals surface area contributed by atoms with Crippen LogP contribution in [0, 0.1) is 5.41 Å². The fraction of sp³-hybridized carbons (Fsp3) is 0.417. The third kappa shape index (κ3) is 2.48. The summed E-state index contributed by atoms with van der Waals surface area (Å²) in [4.78, 5) is 23.1. The number of aliphatic hydroxyl groups is 1. The van der Waals surface area contributed by atoms with Crippen molar-refractivity contribution in [1.29, 1.82) is 0 Å². The summed E-state index contributed by atoms with van der Waals surface area (Å²) in [7, 11) is 0. The maximum absolute atomic E-state index is 12.0. The van der Waals surface area contributed by atoms with E-state index in [9.17, 15) is 4.79 Å². The van der Waals surface area contributed by atoms with Crippen LogP contribution in [0.1, 0.15) is 24.2 Å². The molecule has 0 spiro atoms. The highest BCUT2D eigenvalue weighted by atomic mass is 16.3. The number of hydrogen-bond donors (Lipinski definition) is 3. The first-order valence-electron chi connectivity index (χ1n) is 5.71. The Hall–Kier alpha value is -1.95. The largest absolute Gasteiger partial charge is 0.396 e. The summed E-state index contributed by atoms with van der Waals surface area (Å²) in [6, 6.07) is 0. The maximum Gasteiger partial charge on any atom is 0.255 e. The van der Waals surface area contributed by atoms with Gasteiger partial charge in [-0.15, -0.1) is 0 Å². The molecule has 0 aliphatic heterocycles. The third-order valence-corrected chi connectivity index (χ3v) is 2.71. The van der Waals surface area contributed by atoms with Crippen LogP contribution in [0.4, 0.5) is 0 Å². The van der Waals surface area contributed by atoms with Crippen molar-refractivity contribution in [2.75, 3.05) is 13.2 Å². The molecule has 0 radical (unpaired) electrons. The van der Waals surface area contributed by atoms with Crippen LogP contribution in [-0.4, -0.2) is 39.1 Å². The number of amides is 1. The summed E-state index contributed by atoms with van der Waals surface area (Å²) >= 11 is 0. The van der Waals surface area contributed by atoms with E-state index in [4.69, 9.17) is 5.11 Å². The van der Waals surface area contributed by atoms with Gasteiger partial charge in [-0.25, -0.2) is 4.98 Å². The van der Waals surface area contributed by atoms with E-state index in [0.29, 0.717) is 23.3 Å². The Bertz CT molecular complexity index is 562. The van der Waals surface area contributed by atoms with E-state index in [2.05, 4.69) is 20.3 Å². The Kier molecular flexibility index (Phi) is 3.29. The van der Waals surface area contributed by atoms with E-state index in [1.54, 1.807) is 18.6 Å². The van der Waals surface area contributed by atoms with Crippen LogP contribution >= 0.6 is 0 Å². The van der Waals surface area contributed by atoms with Crippen LogP contribution in [-0.2, 0) is 0 Å². The number of nitrogens with zero attached hydrogens (tertiary/aromatic N) is 2. The number of hydrogen-bond acceptors (Lipinski definition) is 4. The van der Waals surface area contributed by atoms with Crippen molar-refractivity contribution in [2.24, 2.45) is 5.41 Å². The molecule has 0 aromatic carbocycles. The molecule has 2 heterocycles. The summed E-state index contributed by atoms with van der Waals surface area (Å²) in [6.07, 6.45) is 4.70. The van der Waals surface area contributed by atoms with Crippen LogP contribution in [0.2, 0.25) is 0 Å². The van der Waals surface area contributed by atoms with Gasteiger partial charge in [0.1, 0.15) is 5.52 Å². The lowest BCUT2D eigenvalue weighted by molar-refractivity contribution is 0.0912. The van der Waals surface area contributed by atoms with Gasteiger partial charge in [-0.05, 0) is 0 Å². The van der Waals surface area contributed by atoms with E-state index in [1.807, 2.05) is 13.8 Å². The highest BCUT2D eigenvalue weighted by Crippen LogP contribution is 2.14. The van der Waals surface area contributed by atoms with Gasteiger partial charge < -0.3 is 15.4 Å². The van der Waals surface area contributed by atoms with E-state index >= 15 is 0 Å². The molecule has 0 atom stereocenters. The van der Waals surface area contributed by atoms with Crippen molar-refractivity contribution in [1.82, 2.24) is 20.3 Å². The molecule has 18 heavy (non-hydrogen) atoms. The standard InChI is InChI=1S/C12H16N4O2/c1-12(2,7-17)6-16-11(18)8-5-15-10-9(8)13-3-4-14-10/h3-5,17H,6-7H2,1-2H3,(H,14,15)(H,16,18). The minimum atomic E-state index is -0.340. The van der Waals surface area contributed by atoms with Gasteiger partial charge in [0.05, 0.1) is 5.56 Å². The lowest BCUT2D eigenvalue weighted by atomic mass is 9.95. The molecule has 96 valence electrons. The number of fused-ring (bicyclic) bond motifs is 1. The first kappa shape index (κ1) is 12.5. The number of rotatable bonds is 4. The molecular formula is C12H16N4O2. The zero-order valence-electron chi connectivity index (χ0n) is 10.4. The number of carbonyl (C=O) groups is 1. The minimum absolute atomic E-state index is 0.0149. The van der Waals surface area contributed by atoms with Crippen LogP contribution in [0.15, 0.2) is 18.6 Å². The number of nitrogens with one attached hydrogen (secondary N) is 2. The second-order valence-electron chi connectivity index (χ2n) is 4.96. The maximum atomic E-state index is 12.0. The minimum Gasteiger partial charge on any atom is -0.396 e. The van der Waals surface area contributed by atoms with Crippen LogP contribution < -0.4 is 5.32 Å². The van der Waals surface area contributed by atoms with Crippen molar-refractivity contribution in [3.63, 3.8) is 0 Å². The molecular weight excluding hydrogens is 232 g/mol. The summed E-state index contributed by atoms with van der Waals surface area (Å²) in [5, 5.41) is 11.9. The molecule has 0 bridgehead atoms. The zero-order valence-corrected chi connectivity index (χ0v) is 10.4. The van der Waals surface area contributed by atoms with Gasteiger partial charge in [-0.1, -0.05) is 13.8 Å². The number of carbonyl (C=O) groups excluding carboxylic acids is 1. The molecule has 6 heteroatoms. The quantitative estimate of drug-likeness (QED) is 0.743. The smallest absolute Gasteiger partial charge is 0.255 e. The Balaban J connectivity index is 2.14. The van der Waals surface area contributed by atoms with Gasteiger partial charge in [0.2, 0.25) is 0 Å². The van der Waals surface area contributed by atoms with Crippen molar-refractivity contribution < 1.29 is 9.90 Å². The van der Waals surface area contributed by atoms with Gasteiger partial charge in [-0.2, -0.15) is 0 Å². The fourth-order valence-electron chi connectivity index (χ4n) is 1.49. The molecule has 2 aromatic rings. The van der Waals surface area contributed by atoms with Crippen molar-refractivity contribution >= 4 is 17.1 Å². The molecule has 1 amide bonds. The molecule has 3 N–H and O–H groups in total. The average Bonchev–Trinajstić information content (AvgIpc) is 2.80. The predicted molar refractivity (Wildman–Crippen MR) is 67.1 cm³/mol. The van der Waals surface area contributed by atoms with Gasteiger partial charge >= 0.3 is 0 Å². The van der Waals surface area contributed by atoms with Crippen molar-refractivity contribution in [3.8, 4) is 0 Å². The predicted octanol–water partition coefficient (Wildman–Crippen LogP) is 0.706. The first-order chi connectivity index (χ1) is 8.53. The van der Waals surface area contributed by atoms with Gasteiger partial charge in [0.25, 0.3) is 5.91 Å². The molecule has 2 rings (SSSR count). The van der Waals surface area contributed by atoms with E-state index in [1.165, 1.54) is 0 Å². The Morgan fingerprint density at radius 2 is 2.17 bits per heavy atom. The summed E-state index contributed by atoms with van der Waals surface area (Å²) in [5.41, 5.74) is 1.26. The zero-order chi connectivity index (χ0) is 13.2. The highest BCUT2D eigenvalue weighted by molar-refractivity contribution is 6.04. The first-order valence-corrected chi connectivity index (χ1v) is 5.71. The van der Waals surface area contributed by atoms with E-state index in [-0.39, 0.29) is 17.9 Å². The van der Waals surface area contributed by atoms with Crippen molar-refractivity contribution in [3.05, 3.63) is 24.2 Å². The van der Waals surface area contributed by atoms with Gasteiger partial charge in [0.15, 0.2) is 5.65 Å². The molecule has 0 aliphatic carbocycles. The average molecular weight is 248 g/mol. The Labute approximate surface area is 104 Å². The second kappa shape index (κ2) is 4.73. The van der Waals surface area contributed by atoms with E-state index in [0.717, 1.165) is 0 Å². The molecule has 6 nitrogen and oxygen atoms in total. The number of H-pyrrole nitrogens is 1. The monoisotopic (exact) mass is 248 g/mol. The van der Waals surface area contributed by atoms with Crippen LogP contribution in [0.5, 0.6) is 0 Å². The van der Waals surface area contributed by atoms with Gasteiger partial charge in [0, 0.05) is 37.2 Å². The Morgan fingerprint density at radius 3 is 2.89 bits per heavy atom. The molecule has 0 saturated heterocycles. The molecule has 0 unspecified atom stereocenters. The van der Waals surface area contributed by atoms with Crippen LogP contribution in [0.25, 0.3) is 11.2 Å². The summed E-state index contributed by atoms with van der Waals surface area (Å²) in [6.45, 7) is 4.17.